The second-order valence-corrected chi connectivity index (χ2v) is 9.64. The Kier molecular flexibility index (Phi) is 8.59. The van der Waals surface area contributed by atoms with Crippen LogP contribution in [0, 0.1) is 18.6 Å². The minimum absolute atomic E-state index is 0.0628. The first-order chi connectivity index (χ1) is 20.8. The number of nitrogens with zero attached hydrogens (tertiary/aromatic N) is 2. The van der Waals surface area contributed by atoms with Gasteiger partial charge in [0.15, 0.2) is 5.82 Å². The van der Waals surface area contributed by atoms with Crippen molar-refractivity contribution in [3.05, 3.63) is 113 Å². The van der Waals surface area contributed by atoms with Gasteiger partial charge in [0.05, 0.1) is 35.5 Å². The summed E-state index contributed by atoms with van der Waals surface area (Å²) in [5.74, 6) is -2.53. The first-order valence-electron chi connectivity index (χ1n) is 13.3. The van der Waals surface area contributed by atoms with E-state index in [0.29, 0.717) is 24.3 Å². The van der Waals surface area contributed by atoms with Gasteiger partial charge in [-0.2, -0.15) is 4.98 Å². The minimum atomic E-state index is -1.11. The van der Waals surface area contributed by atoms with Crippen molar-refractivity contribution in [2.45, 2.75) is 6.92 Å². The molecule has 0 spiro atoms. The summed E-state index contributed by atoms with van der Waals surface area (Å²) in [6, 6.07) is 20.2. The van der Waals surface area contributed by atoms with Crippen LogP contribution in [0.2, 0.25) is 0 Å². The van der Waals surface area contributed by atoms with Crippen LogP contribution in [0.5, 0.6) is 11.8 Å². The number of H-pyrrole nitrogens is 1. The molecule has 0 unspecified atom stereocenters. The molecule has 0 amide bonds. The van der Waals surface area contributed by atoms with Gasteiger partial charge in [0.25, 0.3) is 6.01 Å². The summed E-state index contributed by atoms with van der Waals surface area (Å²) >= 11 is 0. The SMILES string of the molecule is COCCN=C(/C=C\N)c1ccc(-c2ccc(-c3c(F)cc4[nH]c(Oc5ccc(C)c(C(=O)O)c5)nc4c3F)cc2)cc1. The maximum absolute atomic E-state index is 15.6. The number of imidazole rings is 1. The van der Waals surface area contributed by atoms with Crippen molar-refractivity contribution in [3.8, 4) is 34.0 Å². The zero-order valence-corrected chi connectivity index (χ0v) is 23.4. The van der Waals surface area contributed by atoms with Crippen LogP contribution in [-0.2, 0) is 4.74 Å². The Hall–Kier alpha value is -5.35. The van der Waals surface area contributed by atoms with E-state index in [9.17, 15) is 9.90 Å². The topological polar surface area (TPSA) is 123 Å². The Morgan fingerprint density at radius 1 is 1.02 bits per heavy atom. The van der Waals surface area contributed by atoms with Gasteiger partial charge in [-0.25, -0.2) is 13.6 Å². The average Bonchev–Trinajstić information content (AvgIpc) is 3.40. The van der Waals surface area contributed by atoms with Crippen LogP contribution in [0.15, 0.2) is 90.1 Å². The molecule has 1 heterocycles. The third-order valence-electron chi connectivity index (χ3n) is 6.82. The van der Waals surface area contributed by atoms with Crippen molar-refractivity contribution >= 4 is 22.7 Å². The number of carbonyl (C=O) groups is 1. The lowest BCUT2D eigenvalue weighted by atomic mass is 9.98. The van der Waals surface area contributed by atoms with Crippen molar-refractivity contribution in [2.24, 2.45) is 10.7 Å². The molecular formula is C33H28F2N4O4. The van der Waals surface area contributed by atoms with Crippen molar-refractivity contribution in [2.75, 3.05) is 20.3 Å². The Labute approximate surface area is 246 Å². The summed E-state index contributed by atoms with van der Waals surface area (Å²) in [6.07, 6.45) is 3.16. The molecule has 218 valence electrons. The molecule has 0 saturated heterocycles. The maximum Gasteiger partial charge on any atom is 0.336 e. The van der Waals surface area contributed by atoms with E-state index in [1.54, 1.807) is 56.5 Å². The Bertz CT molecular complexity index is 1850. The maximum atomic E-state index is 15.6. The number of hydrogen-bond acceptors (Lipinski definition) is 6. The van der Waals surface area contributed by atoms with Gasteiger partial charge in [-0.1, -0.05) is 54.6 Å². The number of nitrogens with one attached hydrogen (secondary N) is 1. The molecule has 10 heteroatoms. The van der Waals surface area contributed by atoms with E-state index in [-0.39, 0.29) is 33.9 Å². The number of aromatic nitrogens is 2. The standard InChI is InChI=1S/C33H28F2N4O4/c1-19-3-12-24(17-25(19)32(40)41)43-33-38-28-18-26(34)29(30(35)31(28)39-33)23-10-6-21(7-11-23)20-4-8-22(9-5-20)27(13-14-36)37-15-16-42-2/h3-14,17-18H,15-16,36H2,1-2H3,(H,38,39)(H,40,41)/b14-13-,37-27?. The molecular weight excluding hydrogens is 554 g/mol. The van der Waals surface area contributed by atoms with Crippen LogP contribution >= 0.6 is 0 Å². The molecule has 0 radical (unpaired) electrons. The summed E-state index contributed by atoms with van der Waals surface area (Å²) in [5, 5.41) is 9.36. The second-order valence-electron chi connectivity index (χ2n) is 9.64. The van der Waals surface area contributed by atoms with Gasteiger partial charge in [0.2, 0.25) is 0 Å². The number of carboxylic acids is 1. The van der Waals surface area contributed by atoms with Crippen LogP contribution in [0.1, 0.15) is 21.5 Å². The zero-order chi connectivity index (χ0) is 30.5. The molecule has 0 aliphatic rings. The van der Waals surface area contributed by atoms with Gasteiger partial charge in [-0.3, -0.25) is 4.99 Å². The molecule has 4 aromatic carbocycles. The van der Waals surface area contributed by atoms with Gasteiger partial charge in [-0.05, 0) is 59.1 Å². The zero-order valence-electron chi connectivity index (χ0n) is 23.4. The normalized spacial score (nSPS) is 11.9. The van der Waals surface area contributed by atoms with Gasteiger partial charge < -0.3 is 25.3 Å². The van der Waals surface area contributed by atoms with Gasteiger partial charge in [0.1, 0.15) is 17.1 Å². The van der Waals surface area contributed by atoms with Crippen molar-refractivity contribution in [1.82, 2.24) is 9.97 Å². The Balaban J connectivity index is 1.39. The fraction of sp³-hybridized carbons (Fsp3) is 0.121. The number of ether oxygens (including phenoxy) is 2. The number of halogens is 2. The molecule has 1 aromatic heterocycles. The number of benzene rings is 4. The van der Waals surface area contributed by atoms with Crippen LogP contribution in [0.25, 0.3) is 33.3 Å². The predicted molar refractivity (Wildman–Crippen MR) is 162 cm³/mol. The number of aliphatic imine (C=N–C) groups is 1. The molecule has 8 nitrogen and oxygen atoms in total. The molecule has 0 aliphatic carbocycles. The van der Waals surface area contributed by atoms with E-state index in [4.69, 9.17) is 15.2 Å². The fourth-order valence-electron chi connectivity index (χ4n) is 4.63. The fourth-order valence-corrected chi connectivity index (χ4v) is 4.63. The third kappa shape index (κ3) is 6.29. The van der Waals surface area contributed by atoms with E-state index in [1.165, 1.54) is 12.3 Å². The van der Waals surface area contributed by atoms with Gasteiger partial charge >= 0.3 is 5.97 Å². The highest BCUT2D eigenvalue weighted by molar-refractivity contribution is 6.08. The third-order valence-corrected chi connectivity index (χ3v) is 6.82. The van der Waals surface area contributed by atoms with Crippen molar-refractivity contribution < 1.29 is 28.2 Å². The number of aromatic carboxylic acids is 1. The first kappa shape index (κ1) is 29.2. The average molecular weight is 583 g/mol. The number of rotatable bonds is 10. The van der Waals surface area contributed by atoms with Crippen molar-refractivity contribution in [3.63, 3.8) is 0 Å². The molecule has 0 atom stereocenters. The molecule has 0 saturated carbocycles. The van der Waals surface area contributed by atoms with Crippen LogP contribution in [-0.4, -0.2) is 47.0 Å². The number of hydrogen-bond donors (Lipinski definition) is 3. The van der Waals surface area contributed by atoms with Gasteiger partial charge in [-0.15, -0.1) is 0 Å². The number of fused-ring (bicyclic) bond motifs is 1. The first-order valence-corrected chi connectivity index (χ1v) is 13.3. The number of allylic oxidation sites excluding steroid dienone is 1. The molecule has 43 heavy (non-hydrogen) atoms. The summed E-state index contributed by atoms with van der Waals surface area (Å²) in [4.78, 5) is 22.9. The molecule has 4 N–H and O–H groups in total. The minimum Gasteiger partial charge on any atom is -0.478 e. The lowest BCUT2D eigenvalue weighted by Crippen LogP contribution is -2.02. The Morgan fingerprint density at radius 2 is 1.70 bits per heavy atom. The van der Waals surface area contributed by atoms with Crippen LogP contribution < -0.4 is 10.5 Å². The molecule has 0 bridgehead atoms. The van der Waals surface area contributed by atoms with Crippen molar-refractivity contribution in [1.29, 1.82) is 0 Å². The monoisotopic (exact) mass is 582 g/mol. The second kappa shape index (κ2) is 12.7. The number of aromatic amines is 1. The largest absolute Gasteiger partial charge is 0.478 e. The van der Waals surface area contributed by atoms with E-state index in [2.05, 4.69) is 15.0 Å². The predicted octanol–water partition coefficient (Wildman–Crippen LogP) is 6.88. The van der Waals surface area contributed by atoms with Crippen LogP contribution in [0.4, 0.5) is 8.78 Å². The number of carboxylic acid groups (broad SMARTS) is 1. The number of nitrogens with two attached hydrogens (primary N) is 1. The Morgan fingerprint density at radius 3 is 2.35 bits per heavy atom. The van der Waals surface area contributed by atoms with E-state index in [0.717, 1.165) is 28.5 Å². The smallest absolute Gasteiger partial charge is 0.336 e. The summed E-state index contributed by atoms with van der Waals surface area (Å²) in [6.45, 7) is 2.67. The lowest BCUT2D eigenvalue weighted by Gasteiger charge is -2.09. The molecule has 0 fully saturated rings. The quantitative estimate of drug-likeness (QED) is 0.122. The summed E-state index contributed by atoms with van der Waals surface area (Å²) in [7, 11) is 1.62. The summed E-state index contributed by atoms with van der Waals surface area (Å²) < 4.78 is 41.5. The molecule has 5 rings (SSSR count). The van der Waals surface area contributed by atoms with E-state index < -0.39 is 17.6 Å². The van der Waals surface area contributed by atoms with E-state index in [1.807, 2.05) is 24.3 Å². The molecule has 0 aliphatic heterocycles. The lowest BCUT2D eigenvalue weighted by molar-refractivity contribution is 0.0695. The molecule has 5 aromatic rings. The number of methoxy groups -OCH3 is 1. The van der Waals surface area contributed by atoms with Crippen LogP contribution in [0.3, 0.4) is 0 Å². The van der Waals surface area contributed by atoms with E-state index >= 15 is 8.78 Å². The highest BCUT2D eigenvalue weighted by Gasteiger charge is 2.20. The highest BCUT2D eigenvalue weighted by Crippen LogP contribution is 2.34. The highest BCUT2D eigenvalue weighted by atomic mass is 19.1. The summed E-state index contributed by atoms with van der Waals surface area (Å²) in [5.41, 5.74) is 9.72. The van der Waals surface area contributed by atoms with Gasteiger partial charge in [0, 0.05) is 13.2 Å². The number of aryl methyl sites for hydroxylation is 1.